The van der Waals surface area contributed by atoms with Crippen LogP contribution < -0.4 is 5.32 Å². The van der Waals surface area contributed by atoms with Crippen LogP contribution in [0.2, 0.25) is 0 Å². The fourth-order valence-corrected chi connectivity index (χ4v) is 3.02. The average Bonchev–Trinajstić information content (AvgIpc) is 2.69. The quantitative estimate of drug-likeness (QED) is 0.772. The lowest BCUT2D eigenvalue weighted by Gasteiger charge is -2.23. The lowest BCUT2D eigenvalue weighted by atomic mass is 9.93. The Morgan fingerprint density at radius 1 is 1.24 bits per heavy atom. The molecule has 0 aromatic carbocycles. The zero-order valence-corrected chi connectivity index (χ0v) is 11.8. The van der Waals surface area contributed by atoms with Crippen molar-refractivity contribution in [2.45, 2.75) is 53.0 Å². The molecule has 1 aliphatic rings. The van der Waals surface area contributed by atoms with Gasteiger partial charge in [-0.25, -0.2) is 0 Å². The zero-order chi connectivity index (χ0) is 12.8. The minimum atomic E-state index is 0.238. The minimum absolute atomic E-state index is 0.238. The standard InChI is InChI=1S/C14H28N2O/c1-5-12-8-9-13(11(12)4)15-10-14(17)16(6-2)7-3/h11-13,15H,5-10H2,1-4H3. The number of nitrogens with one attached hydrogen (secondary N) is 1. The van der Waals surface area contributed by atoms with E-state index in [4.69, 9.17) is 0 Å². The van der Waals surface area contributed by atoms with Crippen LogP contribution in [0.4, 0.5) is 0 Å². The fraction of sp³-hybridized carbons (Fsp3) is 0.929. The molecule has 3 nitrogen and oxygen atoms in total. The second-order valence-corrected chi connectivity index (χ2v) is 5.16. The summed E-state index contributed by atoms with van der Waals surface area (Å²) >= 11 is 0. The van der Waals surface area contributed by atoms with Crippen molar-refractivity contribution in [1.29, 1.82) is 0 Å². The summed E-state index contributed by atoms with van der Waals surface area (Å²) in [5.41, 5.74) is 0. The minimum Gasteiger partial charge on any atom is -0.342 e. The molecular weight excluding hydrogens is 212 g/mol. The topological polar surface area (TPSA) is 32.3 Å². The molecule has 1 rings (SSSR count). The summed E-state index contributed by atoms with van der Waals surface area (Å²) in [6, 6.07) is 0.541. The molecule has 0 spiro atoms. The van der Waals surface area contributed by atoms with E-state index in [1.807, 2.05) is 18.7 Å². The molecule has 0 heterocycles. The largest absolute Gasteiger partial charge is 0.342 e. The average molecular weight is 240 g/mol. The van der Waals surface area contributed by atoms with E-state index in [0.29, 0.717) is 18.5 Å². The molecule has 17 heavy (non-hydrogen) atoms. The first kappa shape index (κ1) is 14.5. The molecule has 0 aliphatic heterocycles. The number of hydrogen-bond donors (Lipinski definition) is 1. The van der Waals surface area contributed by atoms with Crippen LogP contribution >= 0.6 is 0 Å². The predicted octanol–water partition coefficient (Wildman–Crippen LogP) is 2.27. The maximum Gasteiger partial charge on any atom is 0.236 e. The first-order valence-corrected chi connectivity index (χ1v) is 7.15. The van der Waals surface area contributed by atoms with Crippen LogP contribution in [0.5, 0.6) is 0 Å². The van der Waals surface area contributed by atoms with E-state index in [1.54, 1.807) is 0 Å². The number of rotatable bonds is 6. The van der Waals surface area contributed by atoms with Gasteiger partial charge in [0, 0.05) is 19.1 Å². The summed E-state index contributed by atoms with van der Waals surface area (Å²) in [4.78, 5) is 13.8. The fourth-order valence-electron chi connectivity index (χ4n) is 3.02. The Balaban J connectivity index is 2.34. The van der Waals surface area contributed by atoms with Crippen molar-refractivity contribution in [3.8, 4) is 0 Å². The van der Waals surface area contributed by atoms with Gasteiger partial charge in [0.1, 0.15) is 0 Å². The molecule has 3 unspecified atom stereocenters. The summed E-state index contributed by atoms with van der Waals surface area (Å²) in [6.45, 7) is 10.8. The third-order valence-corrected chi connectivity index (χ3v) is 4.38. The van der Waals surface area contributed by atoms with Crippen molar-refractivity contribution in [2.24, 2.45) is 11.8 Å². The molecule has 3 heteroatoms. The summed E-state index contributed by atoms with van der Waals surface area (Å²) in [6.07, 6.45) is 3.81. The molecule has 0 radical (unpaired) electrons. The molecule has 3 atom stereocenters. The predicted molar refractivity (Wildman–Crippen MR) is 71.9 cm³/mol. The highest BCUT2D eigenvalue weighted by Gasteiger charge is 2.31. The molecule has 100 valence electrons. The molecule has 0 bridgehead atoms. The van der Waals surface area contributed by atoms with Gasteiger partial charge in [0.05, 0.1) is 6.54 Å². The molecule has 1 fully saturated rings. The van der Waals surface area contributed by atoms with Crippen molar-refractivity contribution in [3.63, 3.8) is 0 Å². The van der Waals surface area contributed by atoms with Crippen LogP contribution in [0.15, 0.2) is 0 Å². The van der Waals surface area contributed by atoms with Gasteiger partial charge >= 0.3 is 0 Å². The SMILES string of the molecule is CCC1CCC(NCC(=O)N(CC)CC)C1C. The molecule has 1 amide bonds. The van der Waals surface area contributed by atoms with Gasteiger partial charge in [-0.05, 0) is 38.5 Å². The van der Waals surface area contributed by atoms with Gasteiger partial charge in [0.2, 0.25) is 5.91 Å². The molecule has 0 aromatic heterocycles. The molecule has 0 saturated heterocycles. The van der Waals surface area contributed by atoms with Gasteiger partial charge in [-0.1, -0.05) is 20.3 Å². The van der Waals surface area contributed by atoms with Crippen LogP contribution in [0, 0.1) is 11.8 Å². The first-order valence-electron chi connectivity index (χ1n) is 7.15. The van der Waals surface area contributed by atoms with Crippen molar-refractivity contribution in [1.82, 2.24) is 10.2 Å². The second-order valence-electron chi connectivity index (χ2n) is 5.16. The molecule has 1 saturated carbocycles. The molecular formula is C14H28N2O. The van der Waals surface area contributed by atoms with Crippen LogP contribution in [-0.2, 0) is 4.79 Å². The number of carbonyl (C=O) groups is 1. The molecule has 0 aromatic rings. The number of nitrogens with zero attached hydrogens (tertiary/aromatic N) is 1. The van der Waals surface area contributed by atoms with Crippen molar-refractivity contribution >= 4 is 5.91 Å². The summed E-state index contributed by atoms with van der Waals surface area (Å²) in [7, 11) is 0. The smallest absolute Gasteiger partial charge is 0.236 e. The van der Waals surface area contributed by atoms with Crippen LogP contribution in [0.1, 0.15) is 47.0 Å². The van der Waals surface area contributed by atoms with E-state index >= 15 is 0 Å². The van der Waals surface area contributed by atoms with Gasteiger partial charge in [-0.3, -0.25) is 4.79 Å². The van der Waals surface area contributed by atoms with Gasteiger partial charge in [0.15, 0.2) is 0 Å². The Kier molecular flexibility index (Phi) is 5.96. The van der Waals surface area contributed by atoms with Crippen LogP contribution in [-0.4, -0.2) is 36.5 Å². The summed E-state index contributed by atoms with van der Waals surface area (Å²) in [5, 5.41) is 3.45. The normalized spacial score (nSPS) is 28.4. The Hall–Kier alpha value is -0.570. The first-order chi connectivity index (χ1) is 8.13. The third-order valence-electron chi connectivity index (χ3n) is 4.38. The molecule has 1 aliphatic carbocycles. The maximum absolute atomic E-state index is 11.9. The highest BCUT2D eigenvalue weighted by molar-refractivity contribution is 5.78. The van der Waals surface area contributed by atoms with Gasteiger partial charge in [0.25, 0.3) is 0 Å². The number of carbonyl (C=O) groups excluding carboxylic acids is 1. The van der Waals surface area contributed by atoms with Gasteiger partial charge in [-0.15, -0.1) is 0 Å². The van der Waals surface area contributed by atoms with E-state index < -0.39 is 0 Å². The van der Waals surface area contributed by atoms with Gasteiger partial charge in [-0.2, -0.15) is 0 Å². The lowest BCUT2D eigenvalue weighted by Crippen LogP contribution is -2.42. The monoisotopic (exact) mass is 240 g/mol. The summed E-state index contributed by atoms with van der Waals surface area (Å²) < 4.78 is 0. The van der Waals surface area contributed by atoms with Crippen molar-refractivity contribution in [2.75, 3.05) is 19.6 Å². The summed E-state index contributed by atoms with van der Waals surface area (Å²) in [5.74, 6) is 1.79. The van der Waals surface area contributed by atoms with E-state index in [9.17, 15) is 4.79 Å². The van der Waals surface area contributed by atoms with E-state index in [1.165, 1.54) is 19.3 Å². The maximum atomic E-state index is 11.9. The lowest BCUT2D eigenvalue weighted by molar-refractivity contribution is -0.130. The Morgan fingerprint density at radius 3 is 2.35 bits per heavy atom. The Labute approximate surface area is 106 Å². The second kappa shape index (κ2) is 7.00. The number of likely N-dealkylation sites (N-methyl/N-ethyl adjacent to an activating group) is 1. The highest BCUT2D eigenvalue weighted by Crippen LogP contribution is 2.33. The van der Waals surface area contributed by atoms with Crippen molar-refractivity contribution < 1.29 is 4.79 Å². The third kappa shape index (κ3) is 3.70. The number of amides is 1. The highest BCUT2D eigenvalue weighted by atomic mass is 16.2. The van der Waals surface area contributed by atoms with E-state index in [2.05, 4.69) is 19.2 Å². The van der Waals surface area contributed by atoms with Crippen LogP contribution in [0.3, 0.4) is 0 Å². The number of hydrogen-bond acceptors (Lipinski definition) is 2. The molecule has 1 N–H and O–H groups in total. The van der Waals surface area contributed by atoms with E-state index in [-0.39, 0.29) is 5.91 Å². The Bertz CT molecular complexity index is 238. The zero-order valence-electron chi connectivity index (χ0n) is 11.8. The van der Waals surface area contributed by atoms with Crippen LogP contribution in [0.25, 0.3) is 0 Å². The van der Waals surface area contributed by atoms with Crippen molar-refractivity contribution in [3.05, 3.63) is 0 Å². The van der Waals surface area contributed by atoms with E-state index in [0.717, 1.165) is 19.0 Å². The Morgan fingerprint density at radius 2 is 1.88 bits per heavy atom. The van der Waals surface area contributed by atoms with Gasteiger partial charge < -0.3 is 10.2 Å².